The van der Waals surface area contributed by atoms with Gasteiger partial charge in [-0.25, -0.2) is 9.82 Å². The average molecular weight is 387 g/mol. The number of phenols is 1. The van der Waals surface area contributed by atoms with E-state index in [4.69, 9.17) is 4.74 Å². The van der Waals surface area contributed by atoms with Crippen LogP contribution < -0.4 is 15.5 Å². The number of nitrogens with one attached hydrogen (secondary N) is 2. The van der Waals surface area contributed by atoms with E-state index in [1.807, 2.05) is 6.92 Å². The van der Waals surface area contributed by atoms with Gasteiger partial charge in [0, 0.05) is 17.7 Å². The van der Waals surface area contributed by atoms with Crippen LogP contribution in [0.3, 0.4) is 0 Å². The highest BCUT2D eigenvalue weighted by Gasteiger charge is 2.10. The van der Waals surface area contributed by atoms with Gasteiger partial charge in [0.15, 0.2) is 18.2 Å². The van der Waals surface area contributed by atoms with Gasteiger partial charge in [0.05, 0.1) is 5.71 Å². The van der Waals surface area contributed by atoms with Crippen molar-refractivity contribution in [1.82, 2.24) is 5.43 Å². The summed E-state index contributed by atoms with van der Waals surface area (Å²) in [4.78, 5) is 23.6. The van der Waals surface area contributed by atoms with E-state index >= 15 is 0 Å². The van der Waals surface area contributed by atoms with Gasteiger partial charge in [0.2, 0.25) is 5.91 Å². The molecule has 0 atom stereocenters. The van der Waals surface area contributed by atoms with Gasteiger partial charge in [-0.05, 0) is 43.7 Å². The SMILES string of the molecule is CCCC(=O)Nc1ccc(O)c(/C(C)=N/NC(=O)COc2ccccc2F)c1. The van der Waals surface area contributed by atoms with Crippen LogP contribution in [0.15, 0.2) is 47.6 Å². The topological polar surface area (TPSA) is 100 Å². The molecule has 0 spiro atoms. The van der Waals surface area contributed by atoms with Crippen LogP contribution in [-0.4, -0.2) is 29.2 Å². The maximum absolute atomic E-state index is 13.5. The number of phenolic OH excluding ortho intramolecular Hbond substituents is 1. The van der Waals surface area contributed by atoms with Gasteiger partial charge in [-0.3, -0.25) is 9.59 Å². The summed E-state index contributed by atoms with van der Waals surface area (Å²) in [5, 5.41) is 16.7. The summed E-state index contributed by atoms with van der Waals surface area (Å²) in [5.41, 5.74) is 3.46. The lowest BCUT2D eigenvalue weighted by molar-refractivity contribution is -0.123. The van der Waals surface area contributed by atoms with E-state index in [1.165, 1.54) is 24.3 Å². The Labute approximate surface area is 162 Å². The smallest absolute Gasteiger partial charge is 0.277 e. The van der Waals surface area contributed by atoms with Crippen LogP contribution in [0, 0.1) is 5.82 Å². The van der Waals surface area contributed by atoms with Gasteiger partial charge in [-0.2, -0.15) is 5.10 Å². The first-order valence-electron chi connectivity index (χ1n) is 8.74. The number of aromatic hydroxyl groups is 1. The number of hydrogen-bond acceptors (Lipinski definition) is 5. The molecule has 2 rings (SSSR count). The molecule has 3 N–H and O–H groups in total. The summed E-state index contributed by atoms with van der Waals surface area (Å²) in [5.74, 6) is -1.37. The Morgan fingerprint density at radius 1 is 1.18 bits per heavy atom. The summed E-state index contributed by atoms with van der Waals surface area (Å²) in [6.07, 6.45) is 1.11. The molecular weight excluding hydrogens is 365 g/mol. The molecule has 0 saturated heterocycles. The molecule has 0 heterocycles. The quantitative estimate of drug-likeness (QED) is 0.368. The third-order valence-electron chi connectivity index (χ3n) is 3.69. The molecule has 0 fully saturated rings. The Kier molecular flexibility index (Phi) is 7.50. The van der Waals surface area contributed by atoms with Crippen molar-refractivity contribution in [3.63, 3.8) is 0 Å². The number of amides is 2. The molecule has 148 valence electrons. The molecule has 28 heavy (non-hydrogen) atoms. The second kappa shape index (κ2) is 10.1. The van der Waals surface area contributed by atoms with Crippen molar-refractivity contribution in [2.45, 2.75) is 26.7 Å². The number of anilines is 1. The second-order valence-electron chi connectivity index (χ2n) is 5.98. The molecule has 0 aliphatic carbocycles. The van der Waals surface area contributed by atoms with E-state index in [2.05, 4.69) is 15.8 Å². The van der Waals surface area contributed by atoms with Gasteiger partial charge in [0.1, 0.15) is 5.75 Å². The van der Waals surface area contributed by atoms with E-state index in [9.17, 15) is 19.1 Å². The molecule has 8 heteroatoms. The van der Waals surface area contributed by atoms with Gasteiger partial charge in [-0.1, -0.05) is 19.1 Å². The van der Waals surface area contributed by atoms with E-state index in [-0.39, 0.29) is 17.4 Å². The Morgan fingerprint density at radius 3 is 2.64 bits per heavy atom. The van der Waals surface area contributed by atoms with Crippen molar-refractivity contribution in [2.24, 2.45) is 5.10 Å². The molecule has 0 saturated carbocycles. The van der Waals surface area contributed by atoms with Gasteiger partial charge < -0.3 is 15.2 Å². The van der Waals surface area contributed by atoms with Gasteiger partial charge in [-0.15, -0.1) is 0 Å². The molecule has 0 radical (unpaired) electrons. The maximum atomic E-state index is 13.5. The van der Waals surface area contributed by atoms with Crippen LogP contribution in [0.5, 0.6) is 11.5 Å². The van der Waals surface area contributed by atoms with Gasteiger partial charge in [0.25, 0.3) is 5.91 Å². The molecule has 0 aromatic heterocycles. The number of halogens is 1. The standard InChI is InChI=1S/C20H22FN3O4/c1-3-6-19(26)22-14-9-10-17(25)15(11-14)13(2)23-24-20(27)12-28-18-8-5-4-7-16(18)21/h4-5,7-11,25H,3,6,12H2,1-2H3,(H,22,26)(H,24,27)/b23-13+. The van der Waals surface area contributed by atoms with Crippen molar-refractivity contribution in [2.75, 3.05) is 11.9 Å². The summed E-state index contributed by atoms with van der Waals surface area (Å²) < 4.78 is 18.5. The second-order valence-corrected chi connectivity index (χ2v) is 5.98. The zero-order chi connectivity index (χ0) is 20.5. The van der Waals surface area contributed by atoms with Crippen LogP contribution in [0.25, 0.3) is 0 Å². The lowest BCUT2D eigenvalue weighted by atomic mass is 10.1. The van der Waals surface area contributed by atoms with Gasteiger partial charge >= 0.3 is 0 Å². The molecule has 2 aromatic rings. The van der Waals surface area contributed by atoms with Crippen molar-refractivity contribution < 1.29 is 23.8 Å². The van der Waals surface area contributed by atoms with Crippen LogP contribution in [0.1, 0.15) is 32.3 Å². The fourth-order valence-electron chi connectivity index (χ4n) is 2.30. The van der Waals surface area contributed by atoms with Crippen molar-refractivity contribution in [3.05, 3.63) is 53.8 Å². The molecule has 7 nitrogen and oxygen atoms in total. The molecule has 2 amide bonds. The third-order valence-corrected chi connectivity index (χ3v) is 3.69. The summed E-state index contributed by atoms with van der Waals surface area (Å²) in [6, 6.07) is 10.3. The minimum absolute atomic E-state index is 0.0356. The van der Waals surface area contributed by atoms with Crippen LogP contribution in [0.2, 0.25) is 0 Å². The summed E-state index contributed by atoms with van der Waals surface area (Å²) >= 11 is 0. The summed E-state index contributed by atoms with van der Waals surface area (Å²) in [7, 11) is 0. The number of benzene rings is 2. The first-order valence-corrected chi connectivity index (χ1v) is 8.74. The minimum Gasteiger partial charge on any atom is -0.507 e. The van der Waals surface area contributed by atoms with Crippen LogP contribution >= 0.6 is 0 Å². The molecule has 2 aromatic carbocycles. The molecule has 0 aliphatic heterocycles. The van der Waals surface area contributed by atoms with Crippen LogP contribution in [-0.2, 0) is 9.59 Å². The predicted octanol–water partition coefficient (Wildman–Crippen LogP) is 3.19. The average Bonchev–Trinajstić information content (AvgIpc) is 2.67. The number of rotatable bonds is 8. The highest BCUT2D eigenvalue weighted by molar-refractivity contribution is 6.03. The molecule has 0 aliphatic rings. The summed E-state index contributed by atoms with van der Waals surface area (Å²) in [6.45, 7) is 3.07. The Morgan fingerprint density at radius 2 is 1.93 bits per heavy atom. The van der Waals surface area contributed by atoms with Crippen molar-refractivity contribution in [3.8, 4) is 11.5 Å². The zero-order valence-corrected chi connectivity index (χ0v) is 15.7. The lowest BCUT2D eigenvalue weighted by Gasteiger charge is -2.10. The Hall–Kier alpha value is -3.42. The van der Waals surface area contributed by atoms with Crippen molar-refractivity contribution in [1.29, 1.82) is 0 Å². The number of hydrazone groups is 1. The van der Waals surface area contributed by atoms with E-state index in [0.717, 1.165) is 6.42 Å². The maximum Gasteiger partial charge on any atom is 0.277 e. The third kappa shape index (κ3) is 6.08. The molecule has 0 unspecified atom stereocenters. The highest BCUT2D eigenvalue weighted by Crippen LogP contribution is 2.22. The number of hydrogen-bond donors (Lipinski definition) is 3. The molecule has 0 bridgehead atoms. The fraction of sp³-hybridized carbons (Fsp3) is 0.250. The number of carbonyl (C=O) groups excluding carboxylic acids is 2. The Bertz CT molecular complexity index is 884. The van der Waals surface area contributed by atoms with E-state index in [1.54, 1.807) is 25.1 Å². The number of ether oxygens (including phenoxy) is 1. The highest BCUT2D eigenvalue weighted by atomic mass is 19.1. The fourth-order valence-corrected chi connectivity index (χ4v) is 2.30. The minimum atomic E-state index is -0.588. The van der Waals surface area contributed by atoms with E-state index < -0.39 is 18.3 Å². The number of nitrogens with zero attached hydrogens (tertiary/aromatic N) is 1. The van der Waals surface area contributed by atoms with Crippen LogP contribution in [0.4, 0.5) is 10.1 Å². The normalized spacial score (nSPS) is 11.0. The number of carbonyl (C=O) groups is 2. The zero-order valence-electron chi connectivity index (χ0n) is 15.7. The first-order chi connectivity index (χ1) is 13.4. The largest absolute Gasteiger partial charge is 0.507 e. The van der Waals surface area contributed by atoms with E-state index in [0.29, 0.717) is 23.4 Å². The monoisotopic (exact) mass is 387 g/mol. The predicted molar refractivity (Wildman–Crippen MR) is 104 cm³/mol. The first kappa shape index (κ1) is 20.9. The van der Waals surface area contributed by atoms with Crippen molar-refractivity contribution >= 4 is 23.2 Å². The Balaban J connectivity index is 1.99. The molecular formula is C20H22FN3O4. The number of para-hydroxylation sites is 1. The lowest BCUT2D eigenvalue weighted by Crippen LogP contribution is -2.25.